The van der Waals surface area contributed by atoms with Crippen LogP contribution in [0, 0.1) is 17.3 Å². The van der Waals surface area contributed by atoms with Crippen molar-refractivity contribution in [3.8, 4) is 0 Å². The third-order valence-corrected chi connectivity index (χ3v) is 5.08. The molecule has 0 amide bonds. The van der Waals surface area contributed by atoms with Gasteiger partial charge in [0.15, 0.2) is 0 Å². The second-order valence-corrected chi connectivity index (χ2v) is 5.57. The lowest BCUT2D eigenvalue weighted by molar-refractivity contribution is 0.0438. The molecule has 5 atom stereocenters. The summed E-state index contributed by atoms with van der Waals surface area (Å²) in [5.41, 5.74) is 6.35. The van der Waals surface area contributed by atoms with E-state index < -0.39 is 12.2 Å². The molecule has 2 bridgehead atoms. The Morgan fingerprint density at radius 1 is 1.07 bits per heavy atom. The van der Waals surface area contributed by atoms with Gasteiger partial charge in [-0.1, -0.05) is 0 Å². The third kappa shape index (κ3) is 0.930. The molecule has 3 fully saturated rings. The lowest BCUT2D eigenvalue weighted by Gasteiger charge is -2.39. The van der Waals surface area contributed by atoms with E-state index in [1.54, 1.807) is 0 Å². The third-order valence-electron chi connectivity index (χ3n) is 5.08. The zero-order chi connectivity index (χ0) is 9.92. The summed E-state index contributed by atoms with van der Waals surface area (Å²) in [5, 5.41) is 19.3. The van der Waals surface area contributed by atoms with E-state index in [1.165, 1.54) is 19.3 Å². The summed E-state index contributed by atoms with van der Waals surface area (Å²) in [7, 11) is 0. The van der Waals surface area contributed by atoms with Gasteiger partial charge in [-0.3, -0.25) is 0 Å². The van der Waals surface area contributed by atoms with Crippen LogP contribution in [0.25, 0.3) is 0 Å². The molecule has 1 spiro atoms. The molecule has 14 heavy (non-hydrogen) atoms. The van der Waals surface area contributed by atoms with Crippen molar-refractivity contribution in [2.45, 2.75) is 50.4 Å². The minimum Gasteiger partial charge on any atom is -0.390 e. The van der Waals surface area contributed by atoms with Crippen molar-refractivity contribution in [2.75, 3.05) is 0 Å². The first-order valence-electron chi connectivity index (χ1n) is 5.75. The first kappa shape index (κ1) is 9.13. The minimum absolute atomic E-state index is 0.0851. The molecule has 3 nitrogen and oxygen atoms in total. The predicted molar refractivity (Wildman–Crippen MR) is 52.5 cm³/mol. The molecule has 0 heterocycles. The predicted octanol–water partition coefficient (Wildman–Crippen LogP) is 0.246. The topological polar surface area (TPSA) is 66.5 Å². The van der Waals surface area contributed by atoms with Gasteiger partial charge in [-0.25, -0.2) is 0 Å². The van der Waals surface area contributed by atoms with Crippen LogP contribution in [0.5, 0.6) is 0 Å². The van der Waals surface area contributed by atoms with Crippen LogP contribution in [0.3, 0.4) is 0 Å². The first-order valence-corrected chi connectivity index (χ1v) is 5.75. The number of nitrogens with two attached hydrogens (primary N) is 1. The zero-order valence-corrected chi connectivity index (χ0v) is 8.39. The Morgan fingerprint density at radius 3 is 2.21 bits per heavy atom. The molecule has 0 unspecified atom stereocenters. The van der Waals surface area contributed by atoms with Gasteiger partial charge in [-0.05, 0) is 49.4 Å². The minimum atomic E-state index is -0.527. The Bertz CT molecular complexity index is 242. The highest BCUT2D eigenvalue weighted by atomic mass is 16.3. The number of rotatable bonds is 0. The number of aliphatic hydroxyl groups excluding tert-OH is 2. The number of hydrogen-bond acceptors (Lipinski definition) is 3. The second-order valence-electron chi connectivity index (χ2n) is 5.57. The Hall–Kier alpha value is -0.120. The van der Waals surface area contributed by atoms with Crippen molar-refractivity contribution in [1.82, 2.24) is 0 Å². The van der Waals surface area contributed by atoms with Crippen molar-refractivity contribution >= 4 is 0 Å². The average molecular weight is 197 g/mol. The molecule has 3 saturated carbocycles. The summed E-state index contributed by atoms with van der Waals surface area (Å²) in [4.78, 5) is 0. The van der Waals surface area contributed by atoms with Crippen LogP contribution in [0.15, 0.2) is 0 Å². The summed E-state index contributed by atoms with van der Waals surface area (Å²) in [6.45, 7) is 0. The van der Waals surface area contributed by atoms with Gasteiger partial charge in [0.2, 0.25) is 0 Å². The van der Waals surface area contributed by atoms with Crippen LogP contribution in [-0.2, 0) is 0 Å². The summed E-state index contributed by atoms with van der Waals surface area (Å²) in [6, 6.07) is 0.230. The van der Waals surface area contributed by atoms with Gasteiger partial charge in [-0.2, -0.15) is 0 Å². The number of fused-ring (bicyclic) bond motifs is 3. The Morgan fingerprint density at radius 2 is 1.71 bits per heavy atom. The molecule has 3 rings (SSSR count). The van der Waals surface area contributed by atoms with Gasteiger partial charge in [0.25, 0.3) is 0 Å². The normalized spacial score (nSPS) is 54.6. The fourth-order valence-electron chi connectivity index (χ4n) is 4.35. The van der Waals surface area contributed by atoms with Gasteiger partial charge < -0.3 is 15.9 Å². The summed E-state index contributed by atoms with van der Waals surface area (Å²) in [5.74, 6) is 1.34. The van der Waals surface area contributed by atoms with E-state index in [0.717, 1.165) is 12.8 Å². The molecule has 0 radical (unpaired) electrons. The van der Waals surface area contributed by atoms with E-state index in [2.05, 4.69) is 0 Å². The SMILES string of the molecule is N[C@@H]1[C@@H]2CC[C@@H](C2)C12C[C@H](O)[C@@H](O)C2. The van der Waals surface area contributed by atoms with Crippen molar-refractivity contribution in [3.05, 3.63) is 0 Å². The molecule has 0 aromatic heterocycles. The lowest BCUT2D eigenvalue weighted by Crippen LogP contribution is -2.45. The zero-order valence-electron chi connectivity index (χ0n) is 8.39. The highest BCUT2D eigenvalue weighted by molar-refractivity contribution is 5.13. The smallest absolute Gasteiger partial charge is 0.0805 e. The fourth-order valence-corrected chi connectivity index (χ4v) is 4.35. The standard InChI is InChI=1S/C11H19NO2/c12-10-6-1-2-7(3-6)11(10)4-8(13)9(14)5-11/h6-10,13-14H,1-5,12H2/t6-,7+,8+,9+,10-/m1/s1. The average Bonchev–Trinajstić information content (AvgIpc) is 2.76. The molecule has 3 aliphatic rings. The molecule has 3 aliphatic carbocycles. The van der Waals surface area contributed by atoms with E-state index in [0.29, 0.717) is 11.8 Å². The maximum Gasteiger partial charge on any atom is 0.0805 e. The van der Waals surface area contributed by atoms with Crippen molar-refractivity contribution in [2.24, 2.45) is 23.0 Å². The van der Waals surface area contributed by atoms with Crippen LogP contribution < -0.4 is 5.73 Å². The van der Waals surface area contributed by atoms with E-state index in [1.807, 2.05) is 0 Å². The van der Waals surface area contributed by atoms with Crippen molar-refractivity contribution in [1.29, 1.82) is 0 Å². The van der Waals surface area contributed by atoms with Gasteiger partial charge in [0.05, 0.1) is 12.2 Å². The van der Waals surface area contributed by atoms with Crippen molar-refractivity contribution < 1.29 is 10.2 Å². The van der Waals surface area contributed by atoms with Crippen LogP contribution >= 0.6 is 0 Å². The molecular formula is C11H19NO2. The molecular weight excluding hydrogens is 178 g/mol. The molecule has 0 saturated heterocycles. The van der Waals surface area contributed by atoms with Crippen LogP contribution in [0.1, 0.15) is 32.1 Å². The summed E-state index contributed by atoms with van der Waals surface area (Å²) < 4.78 is 0. The van der Waals surface area contributed by atoms with Crippen LogP contribution in [-0.4, -0.2) is 28.5 Å². The molecule has 0 aromatic rings. The van der Waals surface area contributed by atoms with Gasteiger partial charge in [-0.15, -0.1) is 0 Å². The fraction of sp³-hybridized carbons (Fsp3) is 1.00. The maximum absolute atomic E-state index is 9.66. The monoisotopic (exact) mass is 197 g/mol. The van der Waals surface area contributed by atoms with Crippen LogP contribution in [0.2, 0.25) is 0 Å². The van der Waals surface area contributed by atoms with E-state index in [9.17, 15) is 10.2 Å². The number of hydrogen-bond donors (Lipinski definition) is 3. The van der Waals surface area contributed by atoms with E-state index >= 15 is 0 Å². The highest BCUT2D eigenvalue weighted by Crippen LogP contribution is 2.61. The van der Waals surface area contributed by atoms with Gasteiger partial charge >= 0.3 is 0 Å². The van der Waals surface area contributed by atoms with Crippen LogP contribution in [0.4, 0.5) is 0 Å². The van der Waals surface area contributed by atoms with Crippen molar-refractivity contribution in [3.63, 3.8) is 0 Å². The van der Waals surface area contributed by atoms with Gasteiger partial charge in [0, 0.05) is 6.04 Å². The van der Waals surface area contributed by atoms with E-state index in [-0.39, 0.29) is 11.5 Å². The Balaban J connectivity index is 1.91. The Labute approximate surface area is 84.3 Å². The molecule has 0 aromatic carbocycles. The van der Waals surface area contributed by atoms with Gasteiger partial charge in [0.1, 0.15) is 0 Å². The highest BCUT2D eigenvalue weighted by Gasteiger charge is 2.60. The molecule has 0 aliphatic heterocycles. The summed E-state index contributed by atoms with van der Waals surface area (Å²) >= 11 is 0. The molecule has 4 N–H and O–H groups in total. The summed E-state index contributed by atoms with van der Waals surface area (Å²) in [6.07, 6.45) is 4.17. The number of aliphatic hydroxyl groups is 2. The lowest BCUT2D eigenvalue weighted by atomic mass is 9.69. The largest absolute Gasteiger partial charge is 0.390 e. The van der Waals surface area contributed by atoms with E-state index in [4.69, 9.17) is 5.73 Å². The maximum atomic E-state index is 9.66. The first-order chi connectivity index (χ1) is 6.63. The quantitative estimate of drug-likeness (QED) is 0.521. The molecule has 80 valence electrons. The Kier molecular flexibility index (Phi) is 1.77. The second kappa shape index (κ2) is 2.71. The molecule has 3 heteroatoms.